The van der Waals surface area contributed by atoms with Gasteiger partial charge in [0.15, 0.2) is 17.2 Å². The summed E-state index contributed by atoms with van der Waals surface area (Å²) in [5.41, 5.74) is 0.581. The molecular weight excluding hydrogens is 242 g/mol. The van der Waals surface area contributed by atoms with Crippen LogP contribution < -0.4 is 10.1 Å². The predicted octanol–water partition coefficient (Wildman–Crippen LogP) is 3.53. The van der Waals surface area contributed by atoms with Crippen molar-refractivity contribution in [3.8, 4) is 17.2 Å². The number of ether oxygens (including phenoxy) is 1. The molecule has 0 aromatic heterocycles. The van der Waals surface area contributed by atoms with E-state index in [-0.39, 0.29) is 11.7 Å². The van der Waals surface area contributed by atoms with Crippen molar-refractivity contribution in [3.05, 3.63) is 48.5 Å². The molecule has 98 valence electrons. The van der Waals surface area contributed by atoms with Crippen LogP contribution in [-0.4, -0.2) is 11.0 Å². The first-order chi connectivity index (χ1) is 9.20. The number of carbonyl (C=O) groups excluding carboxylic acids is 1. The van der Waals surface area contributed by atoms with Gasteiger partial charge in [0.05, 0.1) is 5.69 Å². The fourth-order valence-corrected chi connectivity index (χ4v) is 1.56. The number of rotatable bonds is 4. The van der Waals surface area contributed by atoms with Gasteiger partial charge in [-0.15, -0.1) is 0 Å². The van der Waals surface area contributed by atoms with E-state index in [1.54, 1.807) is 49.4 Å². The lowest BCUT2D eigenvalue weighted by Gasteiger charge is -2.12. The molecule has 0 bridgehead atoms. The van der Waals surface area contributed by atoms with Crippen LogP contribution in [0.15, 0.2) is 48.5 Å². The van der Waals surface area contributed by atoms with Crippen LogP contribution in [0.3, 0.4) is 0 Å². The Balaban J connectivity index is 2.25. The number of carbonyl (C=O) groups is 1. The number of para-hydroxylation sites is 4. The SMILES string of the molecule is CCC(=O)Nc1ccccc1Oc1ccccc1O. The Bertz CT molecular complexity index is 581. The first kappa shape index (κ1) is 13.0. The van der Waals surface area contributed by atoms with E-state index in [0.717, 1.165) is 0 Å². The van der Waals surface area contributed by atoms with E-state index in [9.17, 15) is 9.90 Å². The van der Waals surface area contributed by atoms with Crippen molar-refractivity contribution in [3.63, 3.8) is 0 Å². The molecule has 0 unspecified atom stereocenters. The molecule has 2 N–H and O–H groups in total. The maximum absolute atomic E-state index is 11.4. The smallest absolute Gasteiger partial charge is 0.224 e. The summed E-state index contributed by atoms with van der Waals surface area (Å²) < 4.78 is 5.62. The number of phenols is 1. The minimum Gasteiger partial charge on any atom is -0.504 e. The third-order valence-corrected chi connectivity index (χ3v) is 2.57. The maximum Gasteiger partial charge on any atom is 0.224 e. The fourth-order valence-electron chi connectivity index (χ4n) is 1.56. The quantitative estimate of drug-likeness (QED) is 0.880. The van der Waals surface area contributed by atoms with Crippen molar-refractivity contribution in [2.75, 3.05) is 5.32 Å². The summed E-state index contributed by atoms with van der Waals surface area (Å²) in [7, 11) is 0. The Labute approximate surface area is 111 Å². The number of hydrogen-bond donors (Lipinski definition) is 2. The van der Waals surface area contributed by atoms with Crippen LogP contribution in [0.25, 0.3) is 0 Å². The summed E-state index contributed by atoms with van der Waals surface area (Å²) in [6.45, 7) is 1.78. The molecule has 4 heteroatoms. The second-order valence-electron chi connectivity index (χ2n) is 3.97. The van der Waals surface area contributed by atoms with Crippen molar-refractivity contribution in [2.24, 2.45) is 0 Å². The Morgan fingerprint density at radius 1 is 1.11 bits per heavy atom. The number of nitrogens with one attached hydrogen (secondary N) is 1. The molecule has 4 nitrogen and oxygen atoms in total. The molecule has 0 radical (unpaired) electrons. The zero-order valence-electron chi connectivity index (χ0n) is 10.6. The van der Waals surface area contributed by atoms with Gasteiger partial charge in [-0.3, -0.25) is 4.79 Å². The zero-order chi connectivity index (χ0) is 13.7. The number of anilines is 1. The van der Waals surface area contributed by atoms with Gasteiger partial charge in [-0.05, 0) is 24.3 Å². The lowest BCUT2D eigenvalue weighted by molar-refractivity contribution is -0.115. The summed E-state index contributed by atoms with van der Waals surface area (Å²) >= 11 is 0. The maximum atomic E-state index is 11.4. The third-order valence-electron chi connectivity index (χ3n) is 2.57. The zero-order valence-corrected chi connectivity index (χ0v) is 10.6. The van der Waals surface area contributed by atoms with Crippen molar-refractivity contribution >= 4 is 11.6 Å². The molecule has 0 aliphatic rings. The molecule has 19 heavy (non-hydrogen) atoms. The number of phenolic OH excluding ortho intramolecular Hbond substituents is 1. The molecule has 0 spiro atoms. The first-order valence-electron chi connectivity index (χ1n) is 6.05. The molecule has 0 fully saturated rings. The van der Waals surface area contributed by atoms with Crippen LogP contribution in [-0.2, 0) is 4.79 Å². The summed E-state index contributed by atoms with van der Waals surface area (Å²) in [4.78, 5) is 11.4. The van der Waals surface area contributed by atoms with Gasteiger partial charge in [-0.1, -0.05) is 31.2 Å². The Hall–Kier alpha value is -2.49. The third kappa shape index (κ3) is 3.25. The van der Waals surface area contributed by atoms with E-state index >= 15 is 0 Å². The number of benzene rings is 2. The number of amides is 1. The highest BCUT2D eigenvalue weighted by Gasteiger charge is 2.08. The van der Waals surface area contributed by atoms with Gasteiger partial charge in [-0.2, -0.15) is 0 Å². The normalized spacial score (nSPS) is 9.95. The summed E-state index contributed by atoms with van der Waals surface area (Å²) in [6, 6.07) is 13.8. The van der Waals surface area contributed by atoms with E-state index in [1.165, 1.54) is 0 Å². The Kier molecular flexibility index (Phi) is 4.03. The molecule has 1 amide bonds. The monoisotopic (exact) mass is 257 g/mol. The standard InChI is InChI=1S/C15H15NO3/c1-2-15(18)16-11-7-3-5-9-13(11)19-14-10-6-4-8-12(14)17/h3-10,17H,2H2,1H3,(H,16,18). The van der Waals surface area contributed by atoms with Crippen LogP contribution >= 0.6 is 0 Å². The van der Waals surface area contributed by atoms with Crippen molar-refractivity contribution in [2.45, 2.75) is 13.3 Å². The van der Waals surface area contributed by atoms with Crippen LogP contribution in [0.1, 0.15) is 13.3 Å². The molecule has 2 aromatic carbocycles. The van der Waals surface area contributed by atoms with Crippen LogP contribution in [0.5, 0.6) is 17.2 Å². The largest absolute Gasteiger partial charge is 0.504 e. The Morgan fingerprint density at radius 2 is 1.74 bits per heavy atom. The van der Waals surface area contributed by atoms with Crippen molar-refractivity contribution in [1.82, 2.24) is 0 Å². The second kappa shape index (κ2) is 5.91. The van der Waals surface area contributed by atoms with Crippen LogP contribution in [0, 0.1) is 0 Å². The van der Waals surface area contributed by atoms with E-state index in [2.05, 4.69) is 5.32 Å². The molecule has 0 aliphatic heterocycles. The average Bonchev–Trinajstić information content (AvgIpc) is 2.43. The lowest BCUT2D eigenvalue weighted by atomic mass is 10.2. The van der Waals surface area contributed by atoms with Gasteiger partial charge in [-0.25, -0.2) is 0 Å². The predicted molar refractivity (Wildman–Crippen MR) is 73.5 cm³/mol. The molecular formula is C15H15NO3. The van der Waals surface area contributed by atoms with E-state index < -0.39 is 0 Å². The Morgan fingerprint density at radius 3 is 2.42 bits per heavy atom. The molecule has 0 atom stereocenters. The van der Waals surface area contributed by atoms with Crippen molar-refractivity contribution in [1.29, 1.82) is 0 Å². The minimum atomic E-state index is -0.0895. The van der Waals surface area contributed by atoms with Crippen LogP contribution in [0.4, 0.5) is 5.69 Å². The lowest BCUT2D eigenvalue weighted by Crippen LogP contribution is -2.10. The molecule has 2 rings (SSSR count). The van der Waals surface area contributed by atoms with Gasteiger partial charge in [0, 0.05) is 6.42 Å². The van der Waals surface area contributed by atoms with Crippen LogP contribution in [0.2, 0.25) is 0 Å². The molecule has 0 aliphatic carbocycles. The highest BCUT2D eigenvalue weighted by molar-refractivity contribution is 5.92. The number of hydrogen-bond acceptors (Lipinski definition) is 3. The molecule has 2 aromatic rings. The molecule has 0 saturated heterocycles. The highest BCUT2D eigenvalue weighted by atomic mass is 16.5. The second-order valence-corrected chi connectivity index (χ2v) is 3.97. The van der Waals surface area contributed by atoms with Gasteiger partial charge < -0.3 is 15.2 Å². The van der Waals surface area contributed by atoms with Gasteiger partial charge in [0.2, 0.25) is 5.91 Å². The molecule has 0 heterocycles. The summed E-state index contributed by atoms with van der Waals surface area (Å²) in [5, 5.41) is 12.4. The van der Waals surface area contributed by atoms with Crippen molar-refractivity contribution < 1.29 is 14.6 Å². The van der Waals surface area contributed by atoms with Gasteiger partial charge >= 0.3 is 0 Å². The summed E-state index contributed by atoms with van der Waals surface area (Å²) in [5.74, 6) is 0.805. The average molecular weight is 257 g/mol. The van der Waals surface area contributed by atoms with E-state index in [4.69, 9.17) is 4.74 Å². The van der Waals surface area contributed by atoms with E-state index in [0.29, 0.717) is 23.6 Å². The first-order valence-corrected chi connectivity index (χ1v) is 6.05. The van der Waals surface area contributed by atoms with Gasteiger partial charge in [0.25, 0.3) is 0 Å². The topological polar surface area (TPSA) is 58.6 Å². The fraction of sp³-hybridized carbons (Fsp3) is 0.133. The summed E-state index contributed by atoms with van der Waals surface area (Å²) in [6.07, 6.45) is 0.394. The van der Waals surface area contributed by atoms with E-state index in [1.807, 2.05) is 6.07 Å². The van der Waals surface area contributed by atoms with Gasteiger partial charge in [0.1, 0.15) is 0 Å². The molecule has 0 saturated carbocycles. The number of aromatic hydroxyl groups is 1. The minimum absolute atomic E-state index is 0.0547. The highest BCUT2D eigenvalue weighted by Crippen LogP contribution is 2.34.